The van der Waals surface area contributed by atoms with E-state index in [-0.39, 0.29) is 0 Å². The molecule has 0 bridgehead atoms. The van der Waals surface area contributed by atoms with Crippen LogP contribution in [0.3, 0.4) is 0 Å². The van der Waals surface area contributed by atoms with Gasteiger partial charge in [-0.2, -0.15) is 0 Å². The van der Waals surface area contributed by atoms with Crippen LogP contribution >= 0.6 is 0 Å². The van der Waals surface area contributed by atoms with Crippen LogP contribution in [0.5, 0.6) is 0 Å². The number of rotatable bonds is 3. The summed E-state index contributed by atoms with van der Waals surface area (Å²) in [5.41, 5.74) is 9.52. The maximum atomic E-state index is 12.1. The summed E-state index contributed by atoms with van der Waals surface area (Å²) in [6.45, 7) is 4.09. The number of anilines is 2. The van der Waals surface area contributed by atoms with Crippen LogP contribution in [0.4, 0.5) is 11.4 Å². The summed E-state index contributed by atoms with van der Waals surface area (Å²) in [4.78, 5) is 0.711. The molecule has 0 saturated heterocycles. The predicted octanol–water partition coefficient (Wildman–Crippen LogP) is 3.02. The fourth-order valence-electron chi connectivity index (χ4n) is 1.56. The van der Waals surface area contributed by atoms with Crippen molar-refractivity contribution in [3.63, 3.8) is 0 Å². The Morgan fingerprint density at radius 1 is 1.00 bits per heavy atom. The molecule has 18 heavy (non-hydrogen) atoms. The molecule has 0 aromatic heterocycles. The molecule has 3 N–H and O–H groups in total. The summed E-state index contributed by atoms with van der Waals surface area (Å²) in [6, 6.07) is 12.9. The molecule has 0 fully saturated rings. The lowest BCUT2D eigenvalue weighted by molar-refractivity contribution is 0.686. The minimum Gasteiger partial charge on any atom is -0.399 e. The van der Waals surface area contributed by atoms with Crippen molar-refractivity contribution in [1.29, 1.82) is 0 Å². The van der Waals surface area contributed by atoms with Crippen molar-refractivity contribution in [2.45, 2.75) is 18.7 Å². The highest BCUT2D eigenvalue weighted by atomic mass is 32.2. The summed E-state index contributed by atoms with van der Waals surface area (Å²) < 4.78 is 15.1. The second-order valence-corrected chi connectivity index (χ2v) is 5.45. The van der Waals surface area contributed by atoms with Gasteiger partial charge in [0.05, 0.1) is 4.90 Å². The molecule has 0 aliphatic carbocycles. The first-order chi connectivity index (χ1) is 8.56. The minimum atomic E-state index is -1.26. The van der Waals surface area contributed by atoms with E-state index in [9.17, 15) is 4.21 Å². The quantitative estimate of drug-likeness (QED) is 0.833. The number of nitrogen functional groups attached to an aromatic ring is 1. The topological polar surface area (TPSA) is 55.1 Å². The van der Waals surface area contributed by atoms with Crippen molar-refractivity contribution in [1.82, 2.24) is 0 Å². The van der Waals surface area contributed by atoms with E-state index in [4.69, 9.17) is 5.73 Å². The fourth-order valence-corrected chi connectivity index (χ4v) is 2.40. The van der Waals surface area contributed by atoms with E-state index in [1.165, 1.54) is 11.1 Å². The molecule has 0 spiro atoms. The molecule has 1 unspecified atom stereocenters. The summed E-state index contributed by atoms with van der Waals surface area (Å²) in [7, 11) is -1.26. The lowest BCUT2D eigenvalue weighted by Gasteiger charge is -2.08. The molecule has 94 valence electrons. The van der Waals surface area contributed by atoms with Crippen molar-refractivity contribution in [2.75, 3.05) is 10.5 Å². The van der Waals surface area contributed by atoms with E-state index < -0.39 is 11.0 Å². The Bertz CT molecular complexity index is 579. The van der Waals surface area contributed by atoms with Crippen molar-refractivity contribution in [3.8, 4) is 0 Å². The van der Waals surface area contributed by atoms with E-state index in [2.05, 4.69) is 11.6 Å². The standard InChI is InChI=1S/C14H16N2OS/c1-10-3-6-13(9-11(10)2)16-18(17)14-7-4-12(15)5-8-14/h3-9,16H,15H2,1-2H3. The third-order valence-electron chi connectivity index (χ3n) is 2.81. The highest BCUT2D eigenvalue weighted by Gasteiger charge is 2.04. The molecule has 0 amide bonds. The largest absolute Gasteiger partial charge is 0.399 e. The van der Waals surface area contributed by atoms with Crippen molar-refractivity contribution < 1.29 is 4.21 Å². The number of aryl methyl sites for hydroxylation is 2. The number of hydrogen-bond donors (Lipinski definition) is 2. The van der Waals surface area contributed by atoms with Crippen molar-refractivity contribution >= 4 is 22.4 Å². The Hall–Kier alpha value is -1.81. The molecule has 4 heteroatoms. The second kappa shape index (κ2) is 5.23. The van der Waals surface area contributed by atoms with Crippen LogP contribution in [-0.4, -0.2) is 4.21 Å². The summed E-state index contributed by atoms with van der Waals surface area (Å²) in [5, 5.41) is 0. The third kappa shape index (κ3) is 2.90. The average Bonchev–Trinajstić information content (AvgIpc) is 2.34. The first-order valence-corrected chi connectivity index (χ1v) is 6.82. The zero-order valence-electron chi connectivity index (χ0n) is 10.4. The smallest absolute Gasteiger partial charge is 0.150 e. The number of nitrogens with two attached hydrogens (primary N) is 1. The molecule has 1 atom stereocenters. The van der Waals surface area contributed by atoms with Gasteiger partial charge in [-0.05, 0) is 61.4 Å². The molecular formula is C14H16N2OS. The van der Waals surface area contributed by atoms with E-state index in [1.54, 1.807) is 24.3 Å². The van der Waals surface area contributed by atoms with E-state index in [0.29, 0.717) is 10.6 Å². The van der Waals surface area contributed by atoms with Gasteiger partial charge in [0.1, 0.15) is 11.0 Å². The number of hydrogen-bond acceptors (Lipinski definition) is 2. The molecular weight excluding hydrogens is 244 g/mol. The average molecular weight is 260 g/mol. The van der Waals surface area contributed by atoms with Crippen molar-refractivity contribution in [3.05, 3.63) is 53.6 Å². The highest BCUT2D eigenvalue weighted by Crippen LogP contribution is 2.17. The third-order valence-corrected chi connectivity index (χ3v) is 3.93. The first kappa shape index (κ1) is 12.6. The van der Waals surface area contributed by atoms with Crippen LogP contribution in [0, 0.1) is 13.8 Å². The second-order valence-electron chi connectivity index (χ2n) is 4.24. The SMILES string of the molecule is Cc1ccc(NS(=O)c2ccc(N)cc2)cc1C. The van der Waals surface area contributed by atoms with Crippen LogP contribution in [0.25, 0.3) is 0 Å². The molecule has 2 aromatic rings. The molecule has 2 rings (SSSR count). The molecule has 0 aliphatic heterocycles. The Balaban J connectivity index is 2.16. The van der Waals surface area contributed by atoms with Crippen LogP contribution in [0.2, 0.25) is 0 Å². The van der Waals surface area contributed by atoms with Gasteiger partial charge in [-0.25, -0.2) is 4.21 Å². The van der Waals surface area contributed by atoms with E-state index in [0.717, 1.165) is 5.69 Å². The first-order valence-electron chi connectivity index (χ1n) is 5.67. The van der Waals surface area contributed by atoms with Gasteiger partial charge in [0.2, 0.25) is 0 Å². The van der Waals surface area contributed by atoms with Crippen LogP contribution in [-0.2, 0) is 11.0 Å². The van der Waals surface area contributed by atoms with Gasteiger partial charge in [-0.3, -0.25) is 0 Å². The maximum Gasteiger partial charge on any atom is 0.150 e. The Labute approximate surface area is 110 Å². The number of nitrogens with one attached hydrogen (secondary N) is 1. The Morgan fingerprint density at radius 3 is 2.28 bits per heavy atom. The van der Waals surface area contributed by atoms with Gasteiger partial charge in [0.25, 0.3) is 0 Å². The molecule has 0 radical (unpaired) electrons. The van der Waals surface area contributed by atoms with Crippen LogP contribution < -0.4 is 10.5 Å². The highest BCUT2D eigenvalue weighted by molar-refractivity contribution is 7.86. The van der Waals surface area contributed by atoms with Gasteiger partial charge in [0.15, 0.2) is 0 Å². The molecule has 0 aliphatic rings. The normalized spacial score (nSPS) is 12.1. The number of benzene rings is 2. The molecule has 0 saturated carbocycles. The fraction of sp³-hybridized carbons (Fsp3) is 0.143. The van der Waals surface area contributed by atoms with Crippen LogP contribution in [0.15, 0.2) is 47.4 Å². The van der Waals surface area contributed by atoms with Gasteiger partial charge in [-0.1, -0.05) is 6.07 Å². The Kier molecular flexibility index (Phi) is 3.67. The van der Waals surface area contributed by atoms with Gasteiger partial charge >= 0.3 is 0 Å². The lowest BCUT2D eigenvalue weighted by Crippen LogP contribution is -2.05. The van der Waals surface area contributed by atoms with Gasteiger partial charge in [0, 0.05) is 11.4 Å². The zero-order valence-corrected chi connectivity index (χ0v) is 11.3. The van der Waals surface area contributed by atoms with Gasteiger partial charge < -0.3 is 10.5 Å². The lowest BCUT2D eigenvalue weighted by atomic mass is 10.1. The summed E-state index contributed by atoms with van der Waals surface area (Å²) in [6.07, 6.45) is 0. The monoisotopic (exact) mass is 260 g/mol. The molecule has 3 nitrogen and oxygen atoms in total. The van der Waals surface area contributed by atoms with Crippen LogP contribution in [0.1, 0.15) is 11.1 Å². The van der Waals surface area contributed by atoms with E-state index >= 15 is 0 Å². The molecule has 0 heterocycles. The molecule has 2 aromatic carbocycles. The van der Waals surface area contributed by atoms with Crippen molar-refractivity contribution in [2.24, 2.45) is 0 Å². The van der Waals surface area contributed by atoms with Gasteiger partial charge in [-0.15, -0.1) is 0 Å². The zero-order chi connectivity index (χ0) is 13.1. The predicted molar refractivity (Wildman–Crippen MR) is 76.8 cm³/mol. The van der Waals surface area contributed by atoms with E-state index in [1.807, 2.05) is 25.1 Å². The Morgan fingerprint density at radius 2 is 1.67 bits per heavy atom. The maximum absolute atomic E-state index is 12.1. The minimum absolute atomic E-state index is 0.668. The summed E-state index contributed by atoms with van der Waals surface area (Å²) in [5.74, 6) is 0. The summed E-state index contributed by atoms with van der Waals surface area (Å²) >= 11 is 0.